The Kier molecular flexibility index (Phi) is 6.17. The molecule has 0 atom stereocenters. The maximum Gasteiger partial charge on any atom is 0.516 e. The topological polar surface area (TPSA) is 135 Å². The predicted octanol–water partition coefficient (Wildman–Crippen LogP) is 4.31. The second-order valence-corrected chi connectivity index (χ2v) is 10.6. The van der Waals surface area contributed by atoms with E-state index in [1.165, 1.54) is 35.1 Å². The van der Waals surface area contributed by atoms with E-state index in [0.717, 1.165) is 0 Å². The summed E-state index contributed by atoms with van der Waals surface area (Å²) in [7, 11) is -9.41. The lowest BCUT2D eigenvalue weighted by molar-refractivity contribution is -0.0429. The number of primary sulfonamides is 1. The molecule has 3 aromatic carbocycles. The van der Waals surface area contributed by atoms with Crippen LogP contribution in [0.25, 0.3) is 34.3 Å². The number of anilines is 1. The summed E-state index contributed by atoms with van der Waals surface area (Å²) in [5.41, 5.74) is -2.73. The van der Waals surface area contributed by atoms with Gasteiger partial charge in [0.1, 0.15) is 5.82 Å². The Morgan fingerprint density at radius 1 is 0.914 bits per heavy atom. The zero-order valence-electron chi connectivity index (χ0n) is 17.6. The number of rotatable bonds is 6. The maximum absolute atomic E-state index is 12.5. The van der Waals surface area contributed by atoms with Crippen molar-refractivity contribution in [3.8, 4) is 11.1 Å². The van der Waals surface area contributed by atoms with Crippen LogP contribution < -0.4 is 9.86 Å². The summed E-state index contributed by atoms with van der Waals surface area (Å²) in [4.78, 5) is 7.55. The Morgan fingerprint density at radius 3 is 2.26 bits per heavy atom. The van der Waals surface area contributed by atoms with Crippen molar-refractivity contribution < 1.29 is 30.0 Å². The van der Waals surface area contributed by atoms with Crippen LogP contribution in [0.3, 0.4) is 0 Å². The highest BCUT2D eigenvalue weighted by atomic mass is 32.2. The van der Waals surface area contributed by atoms with E-state index >= 15 is 0 Å². The van der Waals surface area contributed by atoms with Gasteiger partial charge in [-0.1, -0.05) is 42.5 Å². The lowest BCUT2D eigenvalue weighted by atomic mass is 10.1. The van der Waals surface area contributed by atoms with Crippen LogP contribution in [0.15, 0.2) is 71.6 Å². The highest BCUT2D eigenvalue weighted by Gasteiger charge is 2.46. The summed E-state index contributed by atoms with van der Waals surface area (Å²) >= 11 is 0. The number of fused-ring (bicyclic) bond motifs is 1. The molecule has 0 aliphatic rings. The molecule has 0 saturated heterocycles. The number of hydrogen-bond acceptors (Lipinski definition) is 5. The number of nitrogens with two attached hydrogens (primary N) is 1. The fourth-order valence-corrected chi connectivity index (χ4v) is 4.60. The second-order valence-electron chi connectivity index (χ2n) is 7.40. The van der Waals surface area contributed by atoms with Crippen LogP contribution in [0, 0.1) is 0 Å². The molecule has 0 amide bonds. The van der Waals surface area contributed by atoms with Crippen molar-refractivity contribution in [1.29, 1.82) is 0 Å². The molecule has 182 valence electrons. The zero-order valence-corrected chi connectivity index (χ0v) is 19.2. The van der Waals surface area contributed by atoms with Crippen LogP contribution in [0.5, 0.6) is 0 Å². The van der Waals surface area contributed by atoms with Gasteiger partial charge in [-0.25, -0.2) is 18.5 Å². The van der Waals surface area contributed by atoms with Crippen LogP contribution in [0.2, 0.25) is 0 Å². The molecule has 1 heterocycles. The first-order chi connectivity index (χ1) is 16.3. The number of nitrogens with zero attached hydrogens (tertiary/aromatic N) is 1. The van der Waals surface area contributed by atoms with Crippen LogP contribution in [0.4, 0.5) is 18.9 Å². The zero-order chi connectivity index (χ0) is 25.4. The SMILES string of the molecule is NS(=O)(=O)c1ccccc1-c1ccc2[nH]c(/C=C/c3ccc(NS(=O)(=O)C(F)(F)F)cc3)nc2c1. The summed E-state index contributed by atoms with van der Waals surface area (Å²) in [6, 6.07) is 16.8. The molecule has 8 nitrogen and oxygen atoms in total. The molecule has 4 N–H and O–H groups in total. The van der Waals surface area contributed by atoms with Gasteiger partial charge in [0.2, 0.25) is 10.0 Å². The number of H-pyrrole nitrogens is 1. The number of alkyl halides is 3. The molecule has 0 unspecified atom stereocenters. The van der Waals surface area contributed by atoms with E-state index in [9.17, 15) is 30.0 Å². The van der Waals surface area contributed by atoms with Crippen molar-refractivity contribution >= 4 is 48.9 Å². The minimum absolute atomic E-state index is 0.00373. The summed E-state index contributed by atoms with van der Waals surface area (Å²) < 4.78 is 85.1. The molecule has 0 aliphatic heterocycles. The largest absolute Gasteiger partial charge is 0.516 e. The molecule has 0 spiro atoms. The van der Waals surface area contributed by atoms with Gasteiger partial charge < -0.3 is 4.98 Å². The first kappa shape index (κ1) is 24.4. The Morgan fingerprint density at radius 2 is 1.60 bits per heavy atom. The van der Waals surface area contributed by atoms with Crippen LogP contribution in [0.1, 0.15) is 11.4 Å². The fourth-order valence-electron chi connectivity index (χ4n) is 3.28. The lowest BCUT2D eigenvalue weighted by Gasteiger charge is -2.10. The van der Waals surface area contributed by atoms with Gasteiger partial charge in [0.25, 0.3) is 0 Å². The van der Waals surface area contributed by atoms with Gasteiger partial charge in [0.15, 0.2) is 0 Å². The second kappa shape index (κ2) is 8.83. The van der Waals surface area contributed by atoms with Gasteiger partial charge in [0.05, 0.1) is 15.9 Å². The average Bonchev–Trinajstić information content (AvgIpc) is 3.19. The van der Waals surface area contributed by atoms with Crippen LogP contribution >= 0.6 is 0 Å². The minimum Gasteiger partial charge on any atom is -0.338 e. The number of hydrogen-bond donors (Lipinski definition) is 3. The molecule has 0 bridgehead atoms. The first-order valence-corrected chi connectivity index (χ1v) is 12.9. The summed E-state index contributed by atoms with van der Waals surface area (Å²) in [5, 5.41) is 5.32. The normalized spacial score (nSPS) is 12.9. The minimum atomic E-state index is -5.49. The fraction of sp³-hybridized carbons (Fsp3) is 0.0455. The smallest absolute Gasteiger partial charge is 0.338 e. The van der Waals surface area contributed by atoms with Gasteiger partial charge in [-0.05, 0) is 47.5 Å². The molecule has 0 radical (unpaired) electrons. The van der Waals surface area contributed by atoms with E-state index in [4.69, 9.17) is 5.14 Å². The number of nitrogens with one attached hydrogen (secondary N) is 2. The Bertz CT molecular complexity index is 1640. The number of benzene rings is 3. The van der Waals surface area contributed by atoms with E-state index in [1.807, 2.05) is 0 Å². The summed E-state index contributed by atoms with van der Waals surface area (Å²) in [6.45, 7) is 0. The number of halogens is 3. The monoisotopic (exact) mass is 522 g/mol. The molecule has 4 rings (SSSR count). The van der Waals surface area contributed by atoms with Crippen molar-refractivity contribution in [1.82, 2.24) is 9.97 Å². The van der Waals surface area contributed by atoms with E-state index < -0.39 is 25.6 Å². The van der Waals surface area contributed by atoms with Crippen molar-refractivity contribution in [2.45, 2.75) is 10.4 Å². The number of imidazole rings is 1. The molecular weight excluding hydrogens is 505 g/mol. The lowest BCUT2D eigenvalue weighted by Crippen LogP contribution is -2.29. The number of aromatic amines is 1. The van der Waals surface area contributed by atoms with Gasteiger partial charge in [-0.15, -0.1) is 0 Å². The van der Waals surface area contributed by atoms with Gasteiger partial charge in [0, 0.05) is 11.3 Å². The van der Waals surface area contributed by atoms with Gasteiger partial charge >= 0.3 is 15.5 Å². The third-order valence-electron chi connectivity index (χ3n) is 4.91. The Hall–Kier alpha value is -3.68. The molecular formula is C22H17F3N4O4S2. The average molecular weight is 523 g/mol. The van der Waals surface area contributed by atoms with Crippen molar-refractivity contribution in [3.63, 3.8) is 0 Å². The first-order valence-electron chi connectivity index (χ1n) is 9.83. The van der Waals surface area contributed by atoms with Crippen molar-refractivity contribution in [2.24, 2.45) is 5.14 Å². The van der Waals surface area contributed by atoms with E-state index in [1.54, 1.807) is 48.6 Å². The van der Waals surface area contributed by atoms with Crippen molar-refractivity contribution in [3.05, 3.63) is 78.1 Å². The Balaban J connectivity index is 1.56. The molecule has 13 heteroatoms. The molecule has 0 saturated carbocycles. The van der Waals surface area contributed by atoms with Crippen molar-refractivity contribution in [2.75, 3.05) is 4.72 Å². The molecule has 1 aromatic heterocycles. The number of aromatic nitrogens is 2. The maximum atomic E-state index is 12.5. The summed E-state index contributed by atoms with van der Waals surface area (Å²) in [6.07, 6.45) is 3.27. The standard InChI is InChI=1S/C22H17F3N4O4S2/c23-22(24,25)35(32,33)29-16-9-5-14(6-10-16)7-12-21-27-18-11-8-15(13-19(18)28-21)17-3-1-2-4-20(17)34(26,30)31/h1-13,29H,(H,27,28)(H2,26,30,31)/b12-7+. The van der Waals surface area contributed by atoms with Crippen LogP contribution in [-0.2, 0) is 20.0 Å². The third-order valence-corrected chi connectivity index (χ3v) is 6.99. The molecule has 0 fully saturated rings. The molecule has 0 aliphatic carbocycles. The molecule has 4 aromatic rings. The van der Waals surface area contributed by atoms with E-state index in [2.05, 4.69) is 9.97 Å². The number of sulfonamides is 2. The van der Waals surface area contributed by atoms with Gasteiger partial charge in [-0.2, -0.15) is 21.6 Å². The highest BCUT2D eigenvalue weighted by Crippen LogP contribution is 2.29. The quantitative estimate of drug-likeness (QED) is 0.347. The highest BCUT2D eigenvalue weighted by molar-refractivity contribution is 7.93. The molecule has 35 heavy (non-hydrogen) atoms. The van der Waals surface area contributed by atoms with Gasteiger partial charge in [-0.3, -0.25) is 4.72 Å². The summed E-state index contributed by atoms with van der Waals surface area (Å²) in [5.74, 6) is 0.471. The third kappa shape index (κ3) is 5.37. The van der Waals surface area contributed by atoms with E-state index in [0.29, 0.717) is 33.5 Å². The predicted molar refractivity (Wildman–Crippen MR) is 127 cm³/mol. The van der Waals surface area contributed by atoms with Crippen LogP contribution in [-0.4, -0.2) is 32.3 Å². The van der Waals surface area contributed by atoms with E-state index in [-0.39, 0.29) is 10.6 Å². The Labute approximate surface area is 198 Å².